The molecule has 1 N–H and O–H groups in total. The van der Waals surface area contributed by atoms with Crippen LogP contribution in [0.15, 0.2) is 24.3 Å². The number of hydrogen-bond donors (Lipinski definition) is 1. The molecule has 2 aliphatic heterocycles. The van der Waals surface area contributed by atoms with Crippen LogP contribution in [0.3, 0.4) is 0 Å². The highest BCUT2D eigenvalue weighted by Gasteiger charge is 2.43. The molecule has 1 atom stereocenters. The molecule has 1 aromatic carbocycles. The molecule has 0 saturated carbocycles. The van der Waals surface area contributed by atoms with Crippen molar-refractivity contribution in [3.05, 3.63) is 29.8 Å². The van der Waals surface area contributed by atoms with Gasteiger partial charge in [0.25, 0.3) is 5.92 Å². The second kappa shape index (κ2) is 7.57. The standard InChI is InChI=1S/C18H23F2N3O3/c1-26-14-4-2-3-13(9-14)10-16(24)22-5-7-23(8-6-22)17(25)15-11-18(19,20)12-21-15/h2-4,9,15,21H,5-8,10-12H2,1H3. The third-order valence-electron chi connectivity index (χ3n) is 4.84. The first-order chi connectivity index (χ1) is 12.4. The molecule has 0 aliphatic carbocycles. The van der Waals surface area contributed by atoms with Gasteiger partial charge in [0.15, 0.2) is 0 Å². The number of nitrogens with one attached hydrogen (secondary N) is 1. The Hall–Kier alpha value is -2.22. The van der Waals surface area contributed by atoms with Gasteiger partial charge >= 0.3 is 0 Å². The Balaban J connectivity index is 1.50. The Morgan fingerprint density at radius 2 is 1.92 bits per heavy atom. The number of carbonyl (C=O) groups is 2. The van der Waals surface area contributed by atoms with Crippen LogP contribution in [0.25, 0.3) is 0 Å². The van der Waals surface area contributed by atoms with Gasteiger partial charge in [-0.15, -0.1) is 0 Å². The number of piperazine rings is 1. The van der Waals surface area contributed by atoms with Crippen molar-refractivity contribution in [1.82, 2.24) is 15.1 Å². The van der Waals surface area contributed by atoms with Crippen LogP contribution in [0.4, 0.5) is 8.78 Å². The molecule has 0 bridgehead atoms. The fourth-order valence-electron chi connectivity index (χ4n) is 3.36. The van der Waals surface area contributed by atoms with Crippen molar-refractivity contribution in [3.63, 3.8) is 0 Å². The summed E-state index contributed by atoms with van der Waals surface area (Å²) in [6.45, 7) is 1.11. The van der Waals surface area contributed by atoms with Crippen molar-refractivity contribution in [2.24, 2.45) is 0 Å². The lowest BCUT2D eigenvalue weighted by Crippen LogP contribution is -2.54. The van der Waals surface area contributed by atoms with Crippen molar-refractivity contribution in [2.75, 3.05) is 39.8 Å². The van der Waals surface area contributed by atoms with E-state index in [0.29, 0.717) is 31.9 Å². The Bertz CT molecular complexity index is 675. The predicted molar refractivity (Wildman–Crippen MR) is 91.2 cm³/mol. The number of amides is 2. The first-order valence-electron chi connectivity index (χ1n) is 8.69. The van der Waals surface area contributed by atoms with Gasteiger partial charge in [0.05, 0.1) is 26.1 Å². The molecule has 0 spiro atoms. The number of rotatable bonds is 4. The monoisotopic (exact) mass is 367 g/mol. The molecular weight excluding hydrogens is 344 g/mol. The smallest absolute Gasteiger partial charge is 0.262 e. The molecule has 26 heavy (non-hydrogen) atoms. The topological polar surface area (TPSA) is 61.9 Å². The lowest BCUT2D eigenvalue weighted by Gasteiger charge is -2.36. The quantitative estimate of drug-likeness (QED) is 0.859. The third kappa shape index (κ3) is 4.30. The number of hydrogen-bond acceptors (Lipinski definition) is 4. The van der Waals surface area contributed by atoms with E-state index < -0.39 is 24.9 Å². The molecule has 2 fully saturated rings. The molecular formula is C18H23F2N3O3. The average Bonchev–Trinajstić information content (AvgIpc) is 3.01. The molecule has 2 heterocycles. The maximum absolute atomic E-state index is 13.3. The highest BCUT2D eigenvalue weighted by Crippen LogP contribution is 2.26. The van der Waals surface area contributed by atoms with Crippen LogP contribution in [0, 0.1) is 0 Å². The summed E-state index contributed by atoms with van der Waals surface area (Å²) in [5.41, 5.74) is 0.866. The Morgan fingerprint density at radius 3 is 2.54 bits per heavy atom. The fourth-order valence-corrected chi connectivity index (χ4v) is 3.36. The van der Waals surface area contributed by atoms with Crippen LogP contribution < -0.4 is 10.1 Å². The maximum Gasteiger partial charge on any atom is 0.262 e. The Morgan fingerprint density at radius 1 is 1.23 bits per heavy atom. The van der Waals surface area contributed by atoms with Crippen molar-refractivity contribution in [2.45, 2.75) is 24.8 Å². The highest BCUT2D eigenvalue weighted by molar-refractivity contribution is 5.83. The fraction of sp³-hybridized carbons (Fsp3) is 0.556. The van der Waals surface area contributed by atoms with E-state index >= 15 is 0 Å². The third-order valence-corrected chi connectivity index (χ3v) is 4.84. The second-order valence-electron chi connectivity index (χ2n) is 6.73. The SMILES string of the molecule is COc1cccc(CC(=O)N2CCN(C(=O)C3CC(F)(F)CN3)CC2)c1. The second-order valence-corrected chi connectivity index (χ2v) is 6.73. The molecule has 6 nitrogen and oxygen atoms in total. The zero-order valence-electron chi connectivity index (χ0n) is 14.7. The van der Waals surface area contributed by atoms with Crippen LogP contribution in [-0.2, 0) is 16.0 Å². The minimum Gasteiger partial charge on any atom is -0.497 e. The van der Waals surface area contributed by atoms with Gasteiger partial charge in [-0.05, 0) is 17.7 Å². The molecule has 3 rings (SSSR count). The summed E-state index contributed by atoms with van der Waals surface area (Å²) in [7, 11) is 1.58. The van der Waals surface area contributed by atoms with Crippen LogP contribution in [0.2, 0.25) is 0 Å². The number of carbonyl (C=O) groups excluding carboxylic acids is 2. The van der Waals surface area contributed by atoms with E-state index in [0.717, 1.165) is 5.56 Å². The molecule has 2 aliphatic rings. The number of halogens is 2. The van der Waals surface area contributed by atoms with Gasteiger partial charge in [-0.1, -0.05) is 12.1 Å². The van der Waals surface area contributed by atoms with E-state index in [4.69, 9.17) is 4.74 Å². The summed E-state index contributed by atoms with van der Waals surface area (Å²) < 4.78 is 31.7. The van der Waals surface area contributed by atoms with Crippen LogP contribution in [0.1, 0.15) is 12.0 Å². The first-order valence-corrected chi connectivity index (χ1v) is 8.69. The molecule has 0 radical (unpaired) electrons. The minimum atomic E-state index is -2.82. The van der Waals surface area contributed by atoms with Gasteiger partial charge in [-0.2, -0.15) is 0 Å². The van der Waals surface area contributed by atoms with E-state index in [9.17, 15) is 18.4 Å². The Labute approximate surface area is 151 Å². The maximum atomic E-state index is 13.3. The van der Waals surface area contributed by atoms with E-state index in [1.807, 2.05) is 24.3 Å². The molecule has 1 aromatic rings. The number of methoxy groups -OCH3 is 1. The number of nitrogens with zero attached hydrogens (tertiary/aromatic N) is 2. The lowest BCUT2D eigenvalue weighted by atomic mass is 10.1. The van der Waals surface area contributed by atoms with Crippen molar-refractivity contribution >= 4 is 11.8 Å². The summed E-state index contributed by atoms with van der Waals surface area (Å²) in [5.74, 6) is -2.45. The van der Waals surface area contributed by atoms with Crippen LogP contribution in [-0.4, -0.2) is 73.4 Å². The minimum absolute atomic E-state index is 0.0177. The molecule has 0 aromatic heterocycles. The van der Waals surface area contributed by atoms with E-state index in [1.54, 1.807) is 16.9 Å². The van der Waals surface area contributed by atoms with Crippen LogP contribution in [0.5, 0.6) is 5.75 Å². The van der Waals surface area contributed by atoms with E-state index in [1.165, 1.54) is 0 Å². The summed E-state index contributed by atoms with van der Waals surface area (Å²) in [6.07, 6.45) is -0.192. The Kier molecular flexibility index (Phi) is 5.41. The number of benzene rings is 1. The molecule has 1 unspecified atom stereocenters. The van der Waals surface area contributed by atoms with E-state index in [2.05, 4.69) is 5.32 Å². The molecule has 142 valence electrons. The lowest BCUT2D eigenvalue weighted by molar-refractivity contribution is -0.140. The summed E-state index contributed by atoms with van der Waals surface area (Å²) in [5, 5.41) is 2.59. The van der Waals surface area contributed by atoms with Crippen LogP contribution >= 0.6 is 0 Å². The summed E-state index contributed by atoms with van der Waals surface area (Å²) >= 11 is 0. The zero-order valence-corrected chi connectivity index (χ0v) is 14.7. The van der Waals surface area contributed by atoms with E-state index in [-0.39, 0.29) is 18.2 Å². The molecule has 2 saturated heterocycles. The number of alkyl halides is 2. The van der Waals surface area contributed by atoms with Gasteiger partial charge in [0.2, 0.25) is 11.8 Å². The highest BCUT2D eigenvalue weighted by atomic mass is 19.3. The van der Waals surface area contributed by atoms with Gasteiger partial charge in [-0.3, -0.25) is 14.9 Å². The van der Waals surface area contributed by atoms with Crippen molar-refractivity contribution in [1.29, 1.82) is 0 Å². The predicted octanol–water partition coefficient (Wildman–Crippen LogP) is 0.906. The van der Waals surface area contributed by atoms with Crippen molar-refractivity contribution < 1.29 is 23.1 Å². The van der Waals surface area contributed by atoms with Gasteiger partial charge < -0.3 is 14.5 Å². The van der Waals surface area contributed by atoms with Gasteiger partial charge in [-0.25, -0.2) is 8.78 Å². The summed E-state index contributed by atoms with van der Waals surface area (Å²) in [4.78, 5) is 28.1. The normalized spacial score (nSPS) is 22.3. The summed E-state index contributed by atoms with van der Waals surface area (Å²) in [6, 6.07) is 6.51. The number of ether oxygens (including phenoxy) is 1. The first kappa shape index (κ1) is 18.6. The average molecular weight is 367 g/mol. The van der Waals surface area contributed by atoms with Gasteiger partial charge in [0.1, 0.15) is 5.75 Å². The molecule has 8 heteroatoms. The van der Waals surface area contributed by atoms with Crippen molar-refractivity contribution in [3.8, 4) is 5.75 Å². The zero-order chi connectivity index (χ0) is 18.7. The molecule has 2 amide bonds. The largest absolute Gasteiger partial charge is 0.497 e. The van der Waals surface area contributed by atoms with Gasteiger partial charge in [0, 0.05) is 32.6 Å².